The van der Waals surface area contributed by atoms with Gasteiger partial charge in [0.2, 0.25) is 0 Å². The van der Waals surface area contributed by atoms with E-state index in [0.717, 1.165) is 5.56 Å². The molecule has 0 spiro atoms. The molecule has 1 aromatic rings. The molecule has 0 fully saturated rings. The minimum Gasteiger partial charge on any atom is -0.367 e. The van der Waals surface area contributed by atoms with Crippen molar-refractivity contribution in [2.75, 3.05) is 0 Å². The van der Waals surface area contributed by atoms with Crippen LogP contribution in [0.4, 0.5) is 0 Å². The van der Waals surface area contributed by atoms with Crippen molar-refractivity contribution < 1.29 is 4.79 Å². The van der Waals surface area contributed by atoms with Crippen LogP contribution in [-0.4, -0.2) is 10.8 Å². The summed E-state index contributed by atoms with van der Waals surface area (Å²) in [5, 5.41) is 0. The first kappa shape index (κ1) is 7.06. The molecular formula is C8H11NO. The third-order valence-corrected chi connectivity index (χ3v) is 1.41. The van der Waals surface area contributed by atoms with Crippen molar-refractivity contribution in [3.63, 3.8) is 0 Å². The van der Waals surface area contributed by atoms with Gasteiger partial charge in [-0.2, -0.15) is 0 Å². The van der Waals surface area contributed by atoms with Crippen molar-refractivity contribution in [2.24, 2.45) is 5.92 Å². The predicted molar refractivity (Wildman–Crippen MR) is 40.0 cm³/mol. The van der Waals surface area contributed by atoms with Crippen LogP contribution < -0.4 is 0 Å². The molecule has 54 valence electrons. The summed E-state index contributed by atoms with van der Waals surface area (Å²) in [6.45, 7) is 3.80. The lowest BCUT2D eigenvalue weighted by atomic mass is 10.0. The number of Topliss-reactive ketones (excluding diaryl/α,β-unsaturated/α-hetero) is 1. The molecule has 0 saturated carbocycles. The number of carbonyl (C=O) groups excluding carboxylic acids is 1. The highest BCUT2D eigenvalue weighted by molar-refractivity contribution is 5.97. The summed E-state index contributed by atoms with van der Waals surface area (Å²) in [6.07, 6.45) is 3.48. The number of carbonyl (C=O) groups is 1. The first-order valence-electron chi connectivity index (χ1n) is 3.39. The SMILES string of the molecule is CC(C)C(=O)c1cc[nH]c1. The Morgan fingerprint density at radius 3 is 2.70 bits per heavy atom. The molecule has 0 aliphatic carbocycles. The maximum atomic E-state index is 11.2. The number of hydrogen-bond acceptors (Lipinski definition) is 1. The van der Waals surface area contributed by atoms with Gasteiger partial charge in [-0.25, -0.2) is 0 Å². The Hall–Kier alpha value is -1.05. The van der Waals surface area contributed by atoms with E-state index in [9.17, 15) is 4.79 Å². The Morgan fingerprint density at radius 1 is 1.60 bits per heavy atom. The lowest BCUT2D eigenvalue weighted by Gasteiger charge is -1.98. The maximum absolute atomic E-state index is 11.2. The number of hydrogen-bond donors (Lipinski definition) is 1. The normalized spacial score (nSPS) is 10.3. The molecule has 10 heavy (non-hydrogen) atoms. The van der Waals surface area contributed by atoms with Crippen LogP contribution in [-0.2, 0) is 0 Å². The molecule has 1 rings (SSSR count). The van der Waals surface area contributed by atoms with Gasteiger partial charge in [0, 0.05) is 23.9 Å². The molecule has 0 aliphatic heterocycles. The van der Waals surface area contributed by atoms with Crippen LogP contribution in [0.25, 0.3) is 0 Å². The number of ketones is 1. The Balaban J connectivity index is 2.78. The van der Waals surface area contributed by atoms with Gasteiger partial charge in [-0.15, -0.1) is 0 Å². The van der Waals surface area contributed by atoms with Crippen LogP contribution >= 0.6 is 0 Å². The molecule has 0 saturated heterocycles. The van der Waals surface area contributed by atoms with Crippen molar-refractivity contribution in [1.82, 2.24) is 4.98 Å². The largest absolute Gasteiger partial charge is 0.367 e. The van der Waals surface area contributed by atoms with Gasteiger partial charge in [0.1, 0.15) is 0 Å². The highest BCUT2D eigenvalue weighted by atomic mass is 16.1. The van der Waals surface area contributed by atoms with E-state index >= 15 is 0 Å². The van der Waals surface area contributed by atoms with Crippen LogP contribution in [0.2, 0.25) is 0 Å². The van der Waals surface area contributed by atoms with Crippen molar-refractivity contribution in [3.8, 4) is 0 Å². The monoisotopic (exact) mass is 137 g/mol. The minimum atomic E-state index is 0.0933. The zero-order chi connectivity index (χ0) is 7.56. The minimum absolute atomic E-state index is 0.0933. The summed E-state index contributed by atoms with van der Waals surface area (Å²) in [5.41, 5.74) is 0.773. The summed E-state index contributed by atoms with van der Waals surface area (Å²) in [5.74, 6) is 0.289. The highest BCUT2D eigenvalue weighted by Crippen LogP contribution is 2.05. The number of H-pyrrole nitrogens is 1. The molecule has 0 atom stereocenters. The average Bonchev–Trinajstić information content (AvgIpc) is 2.36. The fraction of sp³-hybridized carbons (Fsp3) is 0.375. The molecule has 0 bridgehead atoms. The fourth-order valence-corrected chi connectivity index (χ4v) is 0.810. The first-order chi connectivity index (χ1) is 4.72. The standard InChI is InChI=1S/C8H11NO/c1-6(2)8(10)7-3-4-9-5-7/h3-6,9H,1-2H3. The summed E-state index contributed by atoms with van der Waals surface area (Å²) < 4.78 is 0. The number of aromatic amines is 1. The van der Waals surface area contributed by atoms with Gasteiger partial charge in [0.15, 0.2) is 5.78 Å². The molecule has 1 aromatic heterocycles. The highest BCUT2D eigenvalue weighted by Gasteiger charge is 2.08. The second-order valence-corrected chi connectivity index (χ2v) is 2.62. The van der Waals surface area contributed by atoms with Gasteiger partial charge < -0.3 is 4.98 Å². The number of aromatic nitrogens is 1. The first-order valence-corrected chi connectivity index (χ1v) is 3.39. The number of rotatable bonds is 2. The number of nitrogens with one attached hydrogen (secondary N) is 1. The van der Waals surface area contributed by atoms with Crippen molar-refractivity contribution in [3.05, 3.63) is 24.0 Å². The van der Waals surface area contributed by atoms with E-state index in [0.29, 0.717) is 0 Å². The third-order valence-electron chi connectivity index (χ3n) is 1.41. The van der Waals surface area contributed by atoms with E-state index in [1.54, 1.807) is 18.5 Å². The molecule has 1 N–H and O–H groups in total. The van der Waals surface area contributed by atoms with Gasteiger partial charge in [-0.05, 0) is 6.07 Å². The molecule has 2 nitrogen and oxygen atoms in total. The predicted octanol–water partition coefficient (Wildman–Crippen LogP) is 1.85. The fourth-order valence-electron chi connectivity index (χ4n) is 0.810. The molecule has 0 amide bonds. The van der Waals surface area contributed by atoms with Crippen LogP contribution in [0.3, 0.4) is 0 Å². The van der Waals surface area contributed by atoms with Crippen LogP contribution in [0.15, 0.2) is 18.5 Å². The average molecular weight is 137 g/mol. The van der Waals surface area contributed by atoms with Gasteiger partial charge in [0.05, 0.1) is 0 Å². The van der Waals surface area contributed by atoms with Gasteiger partial charge >= 0.3 is 0 Å². The maximum Gasteiger partial charge on any atom is 0.166 e. The quantitative estimate of drug-likeness (QED) is 0.620. The Kier molecular flexibility index (Phi) is 1.90. The van der Waals surface area contributed by atoms with Crippen LogP contribution in [0, 0.1) is 5.92 Å². The van der Waals surface area contributed by atoms with Crippen LogP contribution in [0.1, 0.15) is 24.2 Å². The molecule has 0 aromatic carbocycles. The zero-order valence-corrected chi connectivity index (χ0v) is 6.22. The van der Waals surface area contributed by atoms with E-state index in [4.69, 9.17) is 0 Å². The second kappa shape index (κ2) is 2.69. The van der Waals surface area contributed by atoms with Crippen molar-refractivity contribution in [2.45, 2.75) is 13.8 Å². The van der Waals surface area contributed by atoms with Crippen LogP contribution in [0.5, 0.6) is 0 Å². The van der Waals surface area contributed by atoms with E-state index in [1.807, 2.05) is 13.8 Å². The Morgan fingerprint density at radius 2 is 2.30 bits per heavy atom. The molecule has 0 aliphatic rings. The third kappa shape index (κ3) is 1.26. The molecule has 2 heteroatoms. The van der Waals surface area contributed by atoms with Gasteiger partial charge in [-0.3, -0.25) is 4.79 Å². The zero-order valence-electron chi connectivity index (χ0n) is 6.22. The Bertz CT molecular complexity index is 211. The topological polar surface area (TPSA) is 32.9 Å². The van der Waals surface area contributed by atoms with Gasteiger partial charge in [0.25, 0.3) is 0 Å². The Labute approximate surface area is 60.3 Å². The second-order valence-electron chi connectivity index (χ2n) is 2.62. The summed E-state index contributed by atoms with van der Waals surface area (Å²) in [7, 11) is 0. The lowest BCUT2D eigenvalue weighted by molar-refractivity contribution is 0.0939. The molecular weight excluding hydrogens is 126 g/mol. The van der Waals surface area contributed by atoms with E-state index < -0.39 is 0 Å². The summed E-state index contributed by atoms with van der Waals surface area (Å²) >= 11 is 0. The summed E-state index contributed by atoms with van der Waals surface area (Å²) in [4.78, 5) is 14.0. The summed E-state index contributed by atoms with van der Waals surface area (Å²) in [6, 6.07) is 1.79. The molecule has 1 heterocycles. The van der Waals surface area contributed by atoms with Crippen molar-refractivity contribution in [1.29, 1.82) is 0 Å². The van der Waals surface area contributed by atoms with Gasteiger partial charge in [-0.1, -0.05) is 13.8 Å². The molecule has 0 radical (unpaired) electrons. The lowest BCUT2D eigenvalue weighted by Crippen LogP contribution is -2.05. The van der Waals surface area contributed by atoms with E-state index in [2.05, 4.69) is 4.98 Å². The smallest absolute Gasteiger partial charge is 0.166 e. The van der Waals surface area contributed by atoms with Crippen molar-refractivity contribution >= 4 is 5.78 Å². The molecule has 0 unspecified atom stereocenters. The van der Waals surface area contributed by atoms with E-state index in [-0.39, 0.29) is 11.7 Å². The van der Waals surface area contributed by atoms with E-state index in [1.165, 1.54) is 0 Å².